The van der Waals surface area contributed by atoms with Crippen molar-refractivity contribution in [3.05, 3.63) is 47.8 Å². The Kier molecular flexibility index (Phi) is 4.63. The number of hydrogen-bond donors (Lipinski definition) is 2. The summed E-state index contributed by atoms with van der Waals surface area (Å²) in [7, 11) is 0. The molecule has 5 rings (SSSR count). The third-order valence-electron chi connectivity index (χ3n) is 6.64. The first-order chi connectivity index (χ1) is 14.2. The average molecular weight is 388 g/mol. The second kappa shape index (κ2) is 7.30. The smallest absolute Gasteiger partial charge is 0.155 e. The normalized spacial score (nSPS) is 16.4. The molecule has 1 aliphatic heterocycles. The maximum absolute atomic E-state index is 4.39. The predicted octanol–water partition coefficient (Wildman–Crippen LogP) is 5.26. The van der Waals surface area contributed by atoms with E-state index in [1.54, 1.807) is 0 Å². The molecule has 0 saturated carbocycles. The molecule has 4 heterocycles. The molecule has 3 aromatic heterocycles. The van der Waals surface area contributed by atoms with E-state index >= 15 is 0 Å². The van der Waals surface area contributed by atoms with E-state index in [0.29, 0.717) is 12.0 Å². The van der Waals surface area contributed by atoms with Gasteiger partial charge in [0.1, 0.15) is 0 Å². The molecule has 0 spiro atoms. The molecule has 2 N–H and O–H groups in total. The second-order valence-corrected chi connectivity index (χ2v) is 8.53. The van der Waals surface area contributed by atoms with Gasteiger partial charge in [0.25, 0.3) is 0 Å². The molecule has 1 aliphatic rings. The van der Waals surface area contributed by atoms with Crippen LogP contribution in [-0.2, 0) is 6.42 Å². The Bertz CT molecular complexity index is 1140. The van der Waals surface area contributed by atoms with Crippen molar-refractivity contribution in [1.29, 1.82) is 0 Å². The minimum atomic E-state index is 0.650. The fourth-order valence-electron chi connectivity index (χ4n) is 4.93. The molecule has 4 aromatic rings. The van der Waals surface area contributed by atoms with Gasteiger partial charge in [-0.2, -0.15) is 5.10 Å². The first-order valence-corrected chi connectivity index (χ1v) is 10.8. The zero-order chi connectivity index (χ0) is 20.0. The van der Waals surface area contributed by atoms with Crippen molar-refractivity contribution in [3.63, 3.8) is 0 Å². The number of nitrogens with one attached hydrogen (secondary N) is 2. The van der Waals surface area contributed by atoms with E-state index in [4.69, 9.17) is 0 Å². The van der Waals surface area contributed by atoms with Crippen LogP contribution in [0, 0.1) is 0 Å². The molecule has 5 nitrogen and oxygen atoms in total. The summed E-state index contributed by atoms with van der Waals surface area (Å²) in [5.41, 5.74) is 7.29. The summed E-state index contributed by atoms with van der Waals surface area (Å²) in [6, 6.07) is 9.78. The summed E-state index contributed by atoms with van der Waals surface area (Å²) in [4.78, 5) is 10.7. The highest BCUT2D eigenvalue weighted by Crippen LogP contribution is 2.37. The summed E-state index contributed by atoms with van der Waals surface area (Å²) in [6.07, 6.45) is 7.22. The van der Waals surface area contributed by atoms with Gasteiger partial charge in [-0.25, -0.2) is 4.98 Å². The molecule has 29 heavy (non-hydrogen) atoms. The van der Waals surface area contributed by atoms with Gasteiger partial charge in [0.15, 0.2) is 5.65 Å². The number of pyridine rings is 1. The highest BCUT2D eigenvalue weighted by Gasteiger charge is 2.23. The molecule has 150 valence electrons. The van der Waals surface area contributed by atoms with Crippen molar-refractivity contribution in [1.82, 2.24) is 25.1 Å². The first kappa shape index (κ1) is 18.4. The quantitative estimate of drug-likeness (QED) is 0.502. The largest absolute Gasteiger partial charge is 0.354 e. The molecule has 5 heteroatoms. The number of benzene rings is 1. The van der Waals surface area contributed by atoms with Crippen molar-refractivity contribution in [2.24, 2.45) is 0 Å². The van der Waals surface area contributed by atoms with Crippen LogP contribution in [0.15, 0.2) is 36.7 Å². The zero-order valence-corrected chi connectivity index (χ0v) is 17.5. The fraction of sp³-hybridized carbons (Fsp3) is 0.417. The number of nitrogens with zero attached hydrogens (tertiary/aromatic N) is 3. The van der Waals surface area contributed by atoms with Crippen LogP contribution < -0.4 is 0 Å². The van der Waals surface area contributed by atoms with Gasteiger partial charge in [-0.05, 0) is 81.4 Å². The average Bonchev–Trinajstić information content (AvgIpc) is 3.37. The van der Waals surface area contributed by atoms with E-state index in [1.807, 2.05) is 12.4 Å². The number of aromatic nitrogens is 4. The van der Waals surface area contributed by atoms with E-state index in [1.165, 1.54) is 59.2 Å². The third kappa shape index (κ3) is 3.14. The van der Waals surface area contributed by atoms with Crippen molar-refractivity contribution in [2.45, 2.75) is 52.0 Å². The van der Waals surface area contributed by atoms with Crippen molar-refractivity contribution in [3.8, 4) is 11.3 Å². The Labute approximate surface area is 171 Å². The molecule has 0 amide bonds. The molecular weight excluding hydrogens is 358 g/mol. The van der Waals surface area contributed by atoms with Crippen molar-refractivity contribution in [2.75, 3.05) is 13.1 Å². The fourth-order valence-corrected chi connectivity index (χ4v) is 4.93. The van der Waals surface area contributed by atoms with Gasteiger partial charge in [0, 0.05) is 34.1 Å². The number of aryl methyl sites for hydroxylation is 1. The van der Waals surface area contributed by atoms with E-state index in [0.717, 1.165) is 17.5 Å². The summed E-state index contributed by atoms with van der Waals surface area (Å²) in [5.74, 6) is 0.666. The summed E-state index contributed by atoms with van der Waals surface area (Å²) in [6.45, 7) is 9.26. The monoisotopic (exact) mass is 387 g/mol. The van der Waals surface area contributed by atoms with E-state index in [2.05, 4.69) is 70.1 Å². The number of piperidine rings is 1. The molecule has 0 atom stereocenters. The van der Waals surface area contributed by atoms with E-state index in [-0.39, 0.29) is 0 Å². The number of likely N-dealkylation sites (tertiary alicyclic amines) is 1. The number of H-pyrrole nitrogens is 2. The molecule has 1 fully saturated rings. The Morgan fingerprint density at radius 2 is 1.97 bits per heavy atom. The van der Waals surface area contributed by atoms with Gasteiger partial charge in [-0.1, -0.05) is 13.0 Å². The van der Waals surface area contributed by atoms with Crippen LogP contribution in [0.2, 0.25) is 0 Å². The van der Waals surface area contributed by atoms with E-state index < -0.39 is 0 Å². The highest BCUT2D eigenvalue weighted by atomic mass is 15.1. The van der Waals surface area contributed by atoms with Crippen LogP contribution in [0.25, 0.3) is 33.2 Å². The van der Waals surface area contributed by atoms with Gasteiger partial charge >= 0.3 is 0 Å². The van der Waals surface area contributed by atoms with Gasteiger partial charge < -0.3 is 9.88 Å². The van der Waals surface area contributed by atoms with Crippen LogP contribution >= 0.6 is 0 Å². The number of aromatic amines is 2. The highest BCUT2D eigenvalue weighted by molar-refractivity contribution is 5.98. The lowest BCUT2D eigenvalue weighted by molar-refractivity contribution is 0.172. The standard InChI is InChI=1S/C24H29N5/c1-4-18-20-13-17(16-8-11-29(12-9-16)15(2)3)5-6-22(20)27-23(18)19-7-10-25-24-21(19)14-26-28-24/h5-7,10,13-16,27H,4,8-9,11-12H2,1-3H3,(H,25,26,28). The topological polar surface area (TPSA) is 60.6 Å². The number of hydrogen-bond acceptors (Lipinski definition) is 3. The van der Waals surface area contributed by atoms with Gasteiger partial charge in [0.05, 0.1) is 11.9 Å². The van der Waals surface area contributed by atoms with Crippen molar-refractivity contribution >= 4 is 21.9 Å². The lowest BCUT2D eigenvalue weighted by Crippen LogP contribution is -2.37. The lowest BCUT2D eigenvalue weighted by Gasteiger charge is -2.34. The van der Waals surface area contributed by atoms with Crippen molar-refractivity contribution < 1.29 is 0 Å². The lowest BCUT2D eigenvalue weighted by atomic mass is 9.88. The van der Waals surface area contributed by atoms with Crippen LogP contribution in [-0.4, -0.2) is 44.2 Å². The van der Waals surface area contributed by atoms with Gasteiger partial charge in [-0.3, -0.25) is 5.10 Å². The number of rotatable bonds is 4. The third-order valence-corrected chi connectivity index (χ3v) is 6.64. The van der Waals surface area contributed by atoms with Crippen LogP contribution in [0.4, 0.5) is 0 Å². The molecule has 0 radical (unpaired) electrons. The first-order valence-electron chi connectivity index (χ1n) is 10.8. The van der Waals surface area contributed by atoms with Crippen LogP contribution in [0.3, 0.4) is 0 Å². The molecular formula is C24H29N5. The molecule has 0 unspecified atom stereocenters. The Morgan fingerprint density at radius 3 is 2.72 bits per heavy atom. The Hall–Kier alpha value is -2.66. The van der Waals surface area contributed by atoms with E-state index in [9.17, 15) is 0 Å². The second-order valence-electron chi connectivity index (χ2n) is 8.53. The maximum Gasteiger partial charge on any atom is 0.155 e. The predicted molar refractivity (Wildman–Crippen MR) is 119 cm³/mol. The molecule has 0 bridgehead atoms. The summed E-state index contributed by atoms with van der Waals surface area (Å²) >= 11 is 0. The minimum absolute atomic E-state index is 0.650. The van der Waals surface area contributed by atoms with Crippen LogP contribution in [0.5, 0.6) is 0 Å². The van der Waals surface area contributed by atoms with Gasteiger partial charge in [0.2, 0.25) is 0 Å². The molecule has 0 aliphatic carbocycles. The molecule has 1 aromatic carbocycles. The minimum Gasteiger partial charge on any atom is -0.354 e. The zero-order valence-electron chi connectivity index (χ0n) is 17.5. The Morgan fingerprint density at radius 1 is 1.14 bits per heavy atom. The Balaban J connectivity index is 1.55. The summed E-state index contributed by atoms with van der Waals surface area (Å²) in [5, 5.41) is 9.60. The summed E-state index contributed by atoms with van der Waals surface area (Å²) < 4.78 is 0. The number of fused-ring (bicyclic) bond motifs is 2. The molecule has 1 saturated heterocycles. The maximum atomic E-state index is 4.39. The van der Waals surface area contributed by atoms with Crippen LogP contribution in [0.1, 0.15) is 50.7 Å². The van der Waals surface area contributed by atoms with Gasteiger partial charge in [-0.15, -0.1) is 0 Å². The SMILES string of the molecule is CCc1c(-c2ccnc3[nH]ncc23)[nH]c2ccc(C3CCN(C(C)C)CC3)cc12.